The minimum atomic E-state index is -3.59. The summed E-state index contributed by atoms with van der Waals surface area (Å²) in [5.41, 5.74) is 1.34. The van der Waals surface area contributed by atoms with Crippen LogP contribution in [0.2, 0.25) is 5.02 Å². The summed E-state index contributed by atoms with van der Waals surface area (Å²) >= 11 is 6.04. The number of sulfonamides is 1. The van der Waals surface area contributed by atoms with E-state index in [4.69, 9.17) is 16.3 Å². The Morgan fingerprint density at radius 2 is 1.82 bits per heavy atom. The summed E-state index contributed by atoms with van der Waals surface area (Å²) in [5, 5.41) is 3.73. The molecule has 0 radical (unpaired) electrons. The summed E-state index contributed by atoms with van der Waals surface area (Å²) in [6.07, 6.45) is 6.10. The van der Waals surface area contributed by atoms with Gasteiger partial charge in [0.15, 0.2) is 0 Å². The van der Waals surface area contributed by atoms with E-state index in [0.717, 1.165) is 37.5 Å². The molecule has 38 heavy (non-hydrogen) atoms. The third-order valence-electron chi connectivity index (χ3n) is 6.85. The number of carbonyl (C=O) groups is 2. The number of halogens is 1. The van der Waals surface area contributed by atoms with Crippen LogP contribution in [0.4, 0.5) is 5.69 Å². The molecule has 0 spiro atoms. The predicted molar refractivity (Wildman–Crippen MR) is 151 cm³/mol. The van der Waals surface area contributed by atoms with Gasteiger partial charge in [-0.3, -0.25) is 13.9 Å². The summed E-state index contributed by atoms with van der Waals surface area (Å²) in [6.45, 7) is 2.28. The molecular weight excluding hydrogens is 526 g/mol. The highest BCUT2D eigenvalue weighted by atomic mass is 35.5. The van der Waals surface area contributed by atoms with Crippen molar-refractivity contribution in [2.75, 3.05) is 24.2 Å². The fourth-order valence-corrected chi connectivity index (χ4v) is 5.93. The lowest BCUT2D eigenvalue weighted by molar-refractivity contribution is -0.141. The van der Waals surface area contributed by atoms with Gasteiger partial charge in [0, 0.05) is 36.6 Å². The Hall–Kier alpha value is -2.78. The molecule has 1 aliphatic rings. The minimum absolute atomic E-state index is 0.0940. The molecule has 2 aromatic rings. The first-order valence-electron chi connectivity index (χ1n) is 13.1. The van der Waals surface area contributed by atoms with Gasteiger partial charge in [0.1, 0.15) is 11.8 Å². The molecule has 1 atom stereocenters. The fraction of sp³-hybridized carbons (Fsp3) is 0.500. The maximum absolute atomic E-state index is 13.6. The molecule has 1 saturated carbocycles. The summed E-state index contributed by atoms with van der Waals surface area (Å²) < 4.78 is 31.6. The minimum Gasteiger partial charge on any atom is -0.497 e. The van der Waals surface area contributed by atoms with Crippen LogP contribution in [0.3, 0.4) is 0 Å². The smallest absolute Gasteiger partial charge is 0.243 e. The number of rotatable bonds is 13. The Morgan fingerprint density at radius 3 is 2.42 bits per heavy atom. The third-order valence-corrected chi connectivity index (χ3v) is 8.29. The SMILES string of the molecule is CC[C@@H](C(=O)NC1CCCC1)N(Cc1ccc(Cl)cc1)C(=O)CCCN(c1cccc(OC)c1)S(C)(=O)=O. The topological polar surface area (TPSA) is 96.0 Å². The second-order valence-corrected chi connectivity index (χ2v) is 12.0. The first-order valence-corrected chi connectivity index (χ1v) is 15.3. The average molecular weight is 564 g/mol. The van der Waals surface area contributed by atoms with Crippen molar-refractivity contribution in [3.05, 3.63) is 59.1 Å². The van der Waals surface area contributed by atoms with Crippen molar-refractivity contribution in [2.24, 2.45) is 0 Å². The van der Waals surface area contributed by atoms with Crippen LogP contribution in [0.5, 0.6) is 5.75 Å². The quantitative estimate of drug-likeness (QED) is 0.379. The highest BCUT2D eigenvalue weighted by molar-refractivity contribution is 7.92. The Labute approximate surface area is 231 Å². The molecule has 10 heteroatoms. The van der Waals surface area contributed by atoms with Crippen molar-refractivity contribution < 1.29 is 22.7 Å². The Kier molecular flexibility index (Phi) is 10.8. The van der Waals surface area contributed by atoms with Crippen LogP contribution in [-0.4, -0.2) is 57.1 Å². The molecule has 1 fully saturated rings. The van der Waals surface area contributed by atoms with E-state index >= 15 is 0 Å². The summed E-state index contributed by atoms with van der Waals surface area (Å²) in [4.78, 5) is 28.4. The average Bonchev–Trinajstić information content (AvgIpc) is 3.39. The van der Waals surface area contributed by atoms with Gasteiger partial charge >= 0.3 is 0 Å². The van der Waals surface area contributed by atoms with E-state index in [9.17, 15) is 18.0 Å². The molecule has 0 aromatic heterocycles. The summed E-state index contributed by atoms with van der Waals surface area (Å²) in [7, 11) is -2.07. The maximum Gasteiger partial charge on any atom is 0.243 e. The van der Waals surface area contributed by atoms with Crippen LogP contribution in [0, 0.1) is 0 Å². The molecular formula is C28H38ClN3O5S. The van der Waals surface area contributed by atoms with E-state index in [-0.39, 0.29) is 37.4 Å². The van der Waals surface area contributed by atoms with Crippen molar-refractivity contribution in [2.45, 2.75) is 70.5 Å². The molecule has 8 nitrogen and oxygen atoms in total. The van der Waals surface area contributed by atoms with Crippen molar-refractivity contribution in [3.8, 4) is 5.75 Å². The van der Waals surface area contributed by atoms with Gasteiger partial charge in [-0.1, -0.05) is 49.6 Å². The molecule has 1 N–H and O–H groups in total. The van der Waals surface area contributed by atoms with E-state index in [1.165, 1.54) is 11.4 Å². The number of nitrogens with one attached hydrogen (secondary N) is 1. The highest BCUT2D eigenvalue weighted by Crippen LogP contribution is 2.24. The number of anilines is 1. The molecule has 1 aliphatic carbocycles. The number of hydrogen-bond acceptors (Lipinski definition) is 5. The Balaban J connectivity index is 1.75. The molecule has 0 unspecified atom stereocenters. The van der Waals surface area contributed by atoms with Crippen molar-refractivity contribution >= 4 is 39.1 Å². The predicted octanol–water partition coefficient (Wildman–Crippen LogP) is 4.76. The Bertz CT molecular complexity index is 1180. The van der Waals surface area contributed by atoms with E-state index in [0.29, 0.717) is 29.3 Å². The first kappa shape index (κ1) is 29.8. The number of amides is 2. The fourth-order valence-electron chi connectivity index (χ4n) is 4.84. The number of nitrogens with zero attached hydrogens (tertiary/aromatic N) is 2. The van der Waals surface area contributed by atoms with Gasteiger partial charge < -0.3 is 15.0 Å². The molecule has 0 bridgehead atoms. The molecule has 0 aliphatic heterocycles. The van der Waals surface area contributed by atoms with E-state index in [1.807, 2.05) is 19.1 Å². The lowest BCUT2D eigenvalue weighted by Gasteiger charge is -2.32. The van der Waals surface area contributed by atoms with Gasteiger partial charge in [0.05, 0.1) is 19.1 Å². The maximum atomic E-state index is 13.6. The van der Waals surface area contributed by atoms with Gasteiger partial charge in [-0.05, 0) is 55.5 Å². The standard InChI is InChI=1S/C28H38ClN3O5S/c1-4-26(28(34)30-23-9-5-6-10-23)31(20-21-14-16-22(29)17-15-21)27(33)13-8-18-32(38(3,35)36)24-11-7-12-25(19-24)37-2/h7,11-12,14-17,19,23,26H,4-6,8-10,13,18,20H2,1-3H3,(H,30,34)/t26-/m0/s1. The van der Waals surface area contributed by atoms with Crippen LogP contribution >= 0.6 is 11.6 Å². The van der Waals surface area contributed by atoms with Gasteiger partial charge in [0.25, 0.3) is 0 Å². The summed E-state index contributed by atoms with van der Waals surface area (Å²) in [6, 6.07) is 13.5. The number of carbonyl (C=O) groups excluding carboxylic acids is 2. The number of ether oxygens (including phenoxy) is 1. The molecule has 208 valence electrons. The second kappa shape index (κ2) is 13.8. The Morgan fingerprint density at radius 1 is 1.13 bits per heavy atom. The zero-order valence-corrected chi connectivity index (χ0v) is 23.9. The molecule has 2 aromatic carbocycles. The first-order chi connectivity index (χ1) is 18.1. The van der Waals surface area contributed by atoms with Crippen LogP contribution in [0.25, 0.3) is 0 Å². The number of hydrogen-bond donors (Lipinski definition) is 1. The van der Waals surface area contributed by atoms with Crippen molar-refractivity contribution in [1.82, 2.24) is 10.2 Å². The third kappa shape index (κ3) is 8.36. The summed E-state index contributed by atoms with van der Waals surface area (Å²) in [5.74, 6) is 0.198. The molecule has 0 saturated heterocycles. The van der Waals surface area contributed by atoms with Gasteiger partial charge in [-0.15, -0.1) is 0 Å². The zero-order chi connectivity index (χ0) is 27.7. The lowest BCUT2D eigenvalue weighted by Crippen LogP contribution is -2.51. The van der Waals surface area contributed by atoms with Crippen molar-refractivity contribution in [1.29, 1.82) is 0 Å². The van der Waals surface area contributed by atoms with Crippen LogP contribution in [-0.2, 0) is 26.2 Å². The van der Waals surface area contributed by atoms with Gasteiger partial charge in [-0.25, -0.2) is 8.42 Å². The lowest BCUT2D eigenvalue weighted by atomic mass is 10.1. The van der Waals surface area contributed by atoms with Crippen molar-refractivity contribution in [3.63, 3.8) is 0 Å². The van der Waals surface area contributed by atoms with Crippen LogP contribution < -0.4 is 14.4 Å². The monoisotopic (exact) mass is 563 g/mol. The zero-order valence-electron chi connectivity index (χ0n) is 22.4. The largest absolute Gasteiger partial charge is 0.497 e. The molecule has 0 heterocycles. The highest BCUT2D eigenvalue weighted by Gasteiger charge is 2.30. The number of benzene rings is 2. The number of methoxy groups -OCH3 is 1. The van der Waals surface area contributed by atoms with E-state index in [1.54, 1.807) is 41.3 Å². The van der Waals surface area contributed by atoms with Gasteiger partial charge in [0.2, 0.25) is 21.8 Å². The van der Waals surface area contributed by atoms with Gasteiger partial charge in [-0.2, -0.15) is 0 Å². The van der Waals surface area contributed by atoms with Crippen LogP contribution in [0.15, 0.2) is 48.5 Å². The molecule has 3 rings (SSSR count). The van der Waals surface area contributed by atoms with Crippen LogP contribution in [0.1, 0.15) is 57.4 Å². The second-order valence-electron chi connectivity index (χ2n) is 9.70. The van der Waals surface area contributed by atoms with E-state index in [2.05, 4.69) is 5.32 Å². The molecule has 2 amide bonds. The normalized spacial score (nSPS) is 14.6. The van der Waals surface area contributed by atoms with E-state index < -0.39 is 16.1 Å².